The Labute approximate surface area is 93.0 Å². The lowest BCUT2D eigenvalue weighted by molar-refractivity contribution is 0.273. The first-order valence-electron chi connectivity index (χ1n) is 4.48. The van der Waals surface area contributed by atoms with Gasteiger partial charge in [-0.1, -0.05) is 18.2 Å². The molecular weight excluding hydrogens is 247 g/mol. The molecule has 80 valence electrons. The maximum atomic E-state index is 5.80. The smallest absolute Gasteiger partial charge is 0.182 e. The quantitative estimate of drug-likeness (QED) is 0.897. The third-order valence-corrected chi connectivity index (χ3v) is 4.72. The largest absolute Gasteiger partial charge is 0.366 e. The molecule has 2 atom stereocenters. The Morgan fingerprint density at radius 3 is 2.73 bits per heavy atom. The number of H-pyrrole nitrogens is 1. The Morgan fingerprint density at radius 1 is 1.40 bits per heavy atom. The monoisotopic (exact) mass is 259 g/mol. The van der Waals surface area contributed by atoms with Crippen LogP contribution in [-0.2, 0) is 0 Å². The summed E-state index contributed by atoms with van der Waals surface area (Å²) in [7, 11) is 1.87. The second-order valence-electron chi connectivity index (χ2n) is 3.12. The topological polar surface area (TPSA) is 42.8 Å². The highest BCUT2D eigenvalue weighted by molar-refractivity contribution is 7.44. The van der Waals surface area contributed by atoms with Crippen LogP contribution in [0.4, 0.5) is 0 Å². The lowest BCUT2D eigenvalue weighted by Crippen LogP contribution is -2.00. The van der Waals surface area contributed by atoms with Gasteiger partial charge in [0.05, 0.1) is 8.51 Å². The third-order valence-electron chi connectivity index (χ3n) is 1.97. The molecule has 0 bridgehead atoms. The molecule has 0 aliphatic rings. The van der Waals surface area contributed by atoms with Crippen LogP contribution in [0.3, 0.4) is 0 Å². The molecule has 0 saturated carbocycles. The summed E-state index contributed by atoms with van der Waals surface area (Å²) in [5.41, 5.74) is 2.31. The van der Waals surface area contributed by atoms with Gasteiger partial charge in [-0.05, 0) is 25.0 Å². The van der Waals surface area contributed by atoms with Gasteiger partial charge < -0.3 is 9.35 Å². The standard InChI is InChI=1S/C8H12N3OP3/c1-6-4-3-5-7(2)8(6)12-11-14-9-13-10-15-11/h3-5,9,13-14H,1-2H3. The van der Waals surface area contributed by atoms with Crippen LogP contribution < -0.4 is 4.84 Å². The predicted molar refractivity (Wildman–Crippen MR) is 67.7 cm³/mol. The van der Waals surface area contributed by atoms with Crippen molar-refractivity contribution in [3.05, 3.63) is 29.3 Å². The number of aromatic nitrogens is 3. The highest BCUT2D eigenvalue weighted by Gasteiger charge is 2.03. The highest BCUT2D eigenvalue weighted by Crippen LogP contribution is 2.25. The van der Waals surface area contributed by atoms with Crippen molar-refractivity contribution in [3.8, 4) is 5.75 Å². The van der Waals surface area contributed by atoms with Gasteiger partial charge in [0.1, 0.15) is 0 Å². The van der Waals surface area contributed by atoms with Crippen LogP contribution in [0.1, 0.15) is 11.1 Å². The minimum Gasteiger partial charge on any atom is -0.366 e. The number of aryl methyl sites for hydroxylation is 2. The molecule has 1 N–H and O–H groups in total. The van der Waals surface area contributed by atoms with Gasteiger partial charge in [-0.15, -0.1) is 4.26 Å². The summed E-state index contributed by atoms with van der Waals surface area (Å²) in [6.45, 7) is 4.11. The number of rotatable bonds is 2. The highest BCUT2D eigenvalue weighted by atomic mass is 31.1. The first-order chi connectivity index (χ1) is 7.27. The van der Waals surface area contributed by atoms with E-state index in [4.69, 9.17) is 4.84 Å². The number of hydrogen-bond acceptors (Lipinski definition) is 2. The summed E-state index contributed by atoms with van der Waals surface area (Å²) >= 11 is 0. The maximum Gasteiger partial charge on any atom is 0.182 e. The van der Waals surface area contributed by atoms with Crippen molar-refractivity contribution >= 4 is 25.5 Å². The molecule has 1 heterocycles. The van der Waals surface area contributed by atoms with Gasteiger partial charge in [0.15, 0.2) is 14.3 Å². The van der Waals surface area contributed by atoms with Crippen LogP contribution in [0.2, 0.25) is 0 Å². The first kappa shape index (κ1) is 10.8. The van der Waals surface area contributed by atoms with E-state index in [1.807, 2.05) is 10.3 Å². The summed E-state index contributed by atoms with van der Waals surface area (Å²) in [4.78, 5) is 5.80. The van der Waals surface area contributed by atoms with Crippen LogP contribution in [0, 0.1) is 13.8 Å². The molecule has 2 rings (SSSR count). The van der Waals surface area contributed by atoms with Crippen molar-refractivity contribution in [2.75, 3.05) is 0 Å². The SMILES string of the molecule is Cc1cccc(C)c1On1pn[pH][nH][pH]1. The van der Waals surface area contributed by atoms with Crippen molar-refractivity contribution in [2.24, 2.45) is 0 Å². The minimum atomic E-state index is 0.478. The average molecular weight is 259 g/mol. The zero-order valence-corrected chi connectivity index (χ0v) is 11.4. The Bertz CT molecular complexity index is 446. The predicted octanol–water partition coefficient (Wildman–Crippen LogP) is 3.44. The van der Waals surface area contributed by atoms with E-state index in [-0.39, 0.29) is 0 Å². The molecule has 4 nitrogen and oxygen atoms in total. The van der Waals surface area contributed by atoms with Crippen molar-refractivity contribution in [1.82, 2.24) is 13.3 Å². The third kappa shape index (κ3) is 2.66. The number of nitrogens with zero attached hydrogens (tertiary/aromatic N) is 2. The van der Waals surface area contributed by atoms with Gasteiger partial charge in [-0.2, -0.15) is 4.51 Å². The van der Waals surface area contributed by atoms with Crippen LogP contribution in [0.5, 0.6) is 5.75 Å². The van der Waals surface area contributed by atoms with Gasteiger partial charge in [0.2, 0.25) is 0 Å². The van der Waals surface area contributed by atoms with Crippen molar-refractivity contribution in [2.45, 2.75) is 13.8 Å². The molecule has 0 amide bonds. The molecule has 1 aromatic heterocycles. The maximum absolute atomic E-state index is 5.80. The number of aromatic amines is 1. The van der Waals surface area contributed by atoms with E-state index < -0.39 is 0 Å². The Morgan fingerprint density at radius 2 is 2.13 bits per heavy atom. The zero-order valence-electron chi connectivity index (χ0n) is 8.48. The molecule has 0 aliphatic carbocycles. The summed E-state index contributed by atoms with van der Waals surface area (Å²) in [5, 5.41) is 0. The van der Waals surface area contributed by atoms with E-state index in [0.29, 0.717) is 17.0 Å². The molecule has 15 heavy (non-hydrogen) atoms. The number of para-hydroxylation sites is 1. The zero-order chi connectivity index (χ0) is 10.7. The van der Waals surface area contributed by atoms with Crippen molar-refractivity contribution in [3.63, 3.8) is 0 Å². The molecule has 2 unspecified atom stereocenters. The van der Waals surface area contributed by atoms with Crippen LogP contribution in [0.15, 0.2) is 18.2 Å². The molecule has 7 heteroatoms. The van der Waals surface area contributed by atoms with Gasteiger partial charge in [0.25, 0.3) is 0 Å². The van der Waals surface area contributed by atoms with E-state index in [9.17, 15) is 0 Å². The number of nitrogens with one attached hydrogen (secondary N) is 1. The second kappa shape index (κ2) is 4.90. The van der Waals surface area contributed by atoms with Gasteiger partial charge >= 0.3 is 0 Å². The lowest BCUT2D eigenvalue weighted by atomic mass is 10.1. The normalized spacial score (nSPS) is 11.6. The molecule has 0 radical (unpaired) electrons. The summed E-state index contributed by atoms with van der Waals surface area (Å²) in [6, 6.07) is 6.15. The molecule has 0 fully saturated rings. The molecule has 1 aromatic carbocycles. The van der Waals surface area contributed by atoms with Gasteiger partial charge in [0, 0.05) is 8.51 Å². The van der Waals surface area contributed by atoms with E-state index >= 15 is 0 Å². The minimum absolute atomic E-state index is 0.478. The van der Waals surface area contributed by atoms with Gasteiger partial charge in [-0.3, -0.25) is 0 Å². The fourth-order valence-corrected chi connectivity index (χ4v) is 4.28. The van der Waals surface area contributed by atoms with Crippen molar-refractivity contribution < 1.29 is 4.84 Å². The van der Waals surface area contributed by atoms with Crippen molar-refractivity contribution in [1.29, 1.82) is 0 Å². The average Bonchev–Trinajstić information content (AvgIpc) is 2.25. The fourth-order valence-electron chi connectivity index (χ4n) is 1.25. The van der Waals surface area contributed by atoms with Crippen LogP contribution in [0.25, 0.3) is 0 Å². The number of hydrogen-bond donors (Lipinski definition) is 1. The van der Waals surface area contributed by atoms with Gasteiger partial charge in [-0.25, -0.2) is 0 Å². The number of benzene rings is 1. The summed E-state index contributed by atoms with van der Waals surface area (Å²) < 4.78 is 9.21. The molecule has 0 aliphatic heterocycles. The fraction of sp³-hybridized carbons (Fsp3) is 0.250. The van der Waals surface area contributed by atoms with E-state index in [2.05, 4.69) is 35.0 Å². The Balaban J connectivity index is 2.32. The summed E-state index contributed by atoms with van der Waals surface area (Å²) in [5.74, 6) is 0.944. The van der Waals surface area contributed by atoms with E-state index in [1.165, 1.54) is 0 Å². The van der Waals surface area contributed by atoms with E-state index in [0.717, 1.165) is 25.4 Å². The lowest BCUT2D eigenvalue weighted by Gasteiger charge is -2.11. The molecule has 0 spiro atoms. The molecule has 2 aromatic rings. The Kier molecular flexibility index (Phi) is 3.53. The summed E-state index contributed by atoms with van der Waals surface area (Å²) in [6.07, 6.45) is 0. The van der Waals surface area contributed by atoms with E-state index in [1.54, 1.807) is 0 Å². The first-order valence-corrected chi connectivity index (χ1v) is 7.17. The van der Waals surface area contributed by atoms with Crippen LogP contribution >= 0.6 is 25.5 Å². The Hall–Kier alpha value is -0.680. The molecular formula is C8H12N3OP3. The van der Waals surface area contributed by atoms with Crippen LogP contribution in [-0.4, -0.2) is 13.3 Å². The molecule has 0 saturated heterocycles. The second-order valence-corrected chi connectivity index (χ2v) is 6.70.